The second kappa shape index (κ2) is 7.03. The predicted octanol–water partition coefficient (Wildman–Crippen LogP) is 1.36. The minimum Gasteiger partial charge on any atom is -0.363 e. The van der Waals surface area contributed by atoms with Crippen LogP contribution in [0.5, 0.6) is 0 Å². The van der Waals surface area contributed by atoms with Gasteiger partial charge in [0.05, 0.1) is 10.6 Å². The molecule has 3 aliphatic rings. The first-order chi connectivity index (χ1) is 15.9. The topological polar surface area (TPSA) is 118 Å². The number of carbonyl (C=O) groups excluding carboxylic acids is 2. The highest BCUT2D eigenvalue weighted by atomic mass is 32.2. The number of hydrogen-bond acceptors (Lipinski definition) is 6. The van der Waals surface area contributed by atoms with Gasteiger partial charge in [0.15, 0.2) is 0 Å². The highest BCUT2D eigenvalue weighted by Gasteiger charge is 2.75. The molecular weight excluding hydrogens is 458 g/mol. The first kappa shape index (κ1) is 22.8. The molecule has 2 amide bonds. The van der Waals surface area contributed by atoms with Crippen LogP contribution >= 0.6 is 0 Å². The molecule has 2 N–H and O–H groups in total. The Bertz CT molecular complexity index is 1300. The van der Waals surface area contributed by atoms with E-state index in [-0.39, 0.29) is 11.3 Å². The van der Waals surface area contributed by atoms with Crippen LogP contribution in [-0.2, 0) is 25.0 Å². The van der Waals surface area contributed by atoms with Crippen molar-refractivity contribution in [3.8, 4) is 0 Å². The van der Waals surface area contributed by atoms with E-state index < -0.39 is 44.9 Å². The van der Waals surface area contributed by atoms with Gasteiger partial charge < -0.3 is 15.1 Å². The highest BCUT2D eigenvalue weighted by Crippen LogP contribution is 2.61. The molecule has 2 aromatic carbocycles. The molecule has 0 bridgehead atoms. The summed E-state index contributed by atoms with van der Waals surface area (Å²) in [5, 5.41) is 22.6. The van der Waals surface area contributed by atoms with E-state index in [9.17, 15) is 28.2 Å². The standard InChI is InChI=1S/C24H27N3O6S/c1-4-14-23-15-24(31)21(29)25(3)22(2,30)20(28)26(24)19(23)27(18-13-9-8-12-17(18)23)34(32,33)16-10-6-5-7-11-16/h5-13,19,30-31H,4,14-15H2,1-3H3. The monoisotopic (exact) mass is 485 g/mol. The fourth-order valence-corrected chi connectivity index (χ4v) is 7.61. The third kappa shape index (κ3) is 2.58. The molecule has 0 saturated carbocycles. The number of hydrogen-bond donors (Lipinski definition) is 2. The number of nitrogens with zero attached hydrogens (tertiary/aromatic N) is 3. The molecular formula is C24H27N3O6S. The molecule has 10 heteroatoms. The SMILES string of the molecule is CCCC12CC3(O)C(=O)N(C)C(C)(O)C(=O)N3C1N(S(=O)(=O)c1ccccc1)c1ccccc12. The number of sulfonamides is 1. The smallest absolute Gasteiger partial charge is 0.280 e. The third-order valence-corrected chi connectivity index (χ3v) is 9.30. The van der Waals surface area contributed by atoms with Gasteiger partial charge in [-0.15, -0.1) is 0 Å². The quantitative estimate of drug-likeness (QED) is 0.675. The summed E-state index contributed by atoms with van der Waals surface area (Å²) < 4.78 is 29.2. The van der Waals surface area contributed by atoms with Crippen LogP contribution in [0.25, 0.3) is 0 Å². The van der Waals surface area contributed by atoms with E-state index in [4.69, 9.17) is 0 Å². The lowest BCUT2D eigenvalue weighted by molar-refractivity contribution is -0.224. The summed E-state index contributed by atoms with van der Waals surface area (Å²) >= 11 is 0. The van der Waals surface area contributed by atoms with Crippen LogP contribution in [0.15, 0.2) is 59.5 Å². The summed E-state index contributed by atoms with van der Waals surface area (Å²) in [4.78, 5) is 28.8. The molecule has 0 aromatic heterocycles. The molecule has 2 saturated heterocycles. The van der Waals surface area contributed by atoms with Gasteiger partial charge >= 0.3 is 0 Å². The number of fused-ring (bicyclic) bond motifs is 5. The molecule has 9 nitrogen and oxygen atoms in total. The number of rotatable bonds is 4. The van der Waals surface area contributed by atoms with Gasteiger partial charge in [0.2, 0.25) is 11.4 Å². The summed E-state index contributed by atoms with van der Waals surface area (Å²) in [6.07, 6.45) is -0.373. The van der Waals surface area contributed by atoms with Gasteiger partial charge in [0.25, 0.3) is 21.8 Å². The van der Waals surface area contributed by atoms with Crippen LogP contribution in [0, 0.1) is 0 Å². The maximum absolute atomic E-state index is 14.0. The second-order valence-electron chi connectivity index (χ2n) is 9.46. The van der Waals surface area contributed by atoms with E-state index in [0.29, 0.717) is 24.1 Å². The normalized spacial score (nSPS) is 32.6. The van der Waals surface area contributed by atoms with Gasteiger partial charge in [-0.25, -0.2) is 12.7 Å². The Labute approximate surface area is 198 Å². The molecule has 34 heavy (non-hydrogen) atoms. The maximum Gasteiger partial charge on any atom is 0.280 e. The van der Waals surface area contributed by atoms with E-state index in [1.54, 1.807) is 42.5 Å². The molecule has 4 atom stereocenters. The van der Waals surface area contributed by atoms with Crippen LogP contribution in [0.4, 0.5) is 5.69 Å². The van der Waals surface area contributed by atoms with Crippen molar-refractivity contribution in [2.75, 3.05) is 11.4 Å². The molecule has 0 spiro atoms. The lowest BCUT2D eigenvalue weighted by Crippen LogP contribution is -2.75. The van der Waals surface area contributed by atoms with Crippen molar-refractivity contribution >= 4 is 27.5 Å². The number of para-hydroxylation sites is 1. The van der Waals surface area contributed by atoms with Gasteiger partial charge in [-0.2, -0.15) is 0 Å². The zero-order chi connectivity index (χ0) is 24.7. The average molecular weight is 486 g/mol. The van der Waals surface area contributed by atoms with Crippen molar-refractivity contribution in [1.82, 2.24) is 9.80 Å². The van der Waals surface area contributed by atoms with E-state index in [1.807, 2.05) is 6.92 Å². The van der Waals surface area contributed by atoms with Crippen molar-refractivity contribution in [2.24, 2.45) is 0 Å². The second-order valence-corrected chi connectivity index (χ2v) is 11.3. The Morgan fingerprint density at radius 1 is 1.00 bits per heavy atom. The summed E-state index contributed by atoms with van der Waals surface area (Å²) in [5.41, 5.74) is -4.55. The first-order valence-corrected chi connectivity index (χ1v) is 12.6. The molecule has 2 aromatic rings. The van der Waals surface area contributed by atoms with Gasteiger partial charge in [-0.3, -0.25) is 14.5 Å². The van der Waals surface area contributed by atoms with E-state index >= 15 is 0 Å². The largest absolute Gasteiger partial charge is 0.363 e. The Hall–Kier alpha value is -2.95. The summed E-state index contributed by atoms with van der Waals surface area (Å²) in [6.45, 7) is 3.10. The Morgan fingerprint density at radius 3 is 2.26 bits per heavy atom. The number of anilines is 1. The molecule has 2 fully saturated rings. The van der Waals surface area contributed by atoms with Crippen LogP contribution in [-0.4, -0.2) is 64.9 Å². The van der Waals surface area contributed by atoms with E-state index in [0.717, 1.165) is 14.1 Å². The number of likely N-dealkylation sites (N-methyl/N-ethyl adjacent to an activating group) is 1. The van der Waals surface area contributed by atoms with E-state index in [2.05, 4.69) is 0 Å². The predicted molar refractivity (Wildman–Crippen MR) is 123 cm³/mol. The zero-order valence-corrected chi connectivity index (χ0v) is 20.0. The summed E-state index contributed by atoms with van der Waals surface area (Å²) in [7, 11) is -2.96. The molecule has 0 radical (unpaired) electrons. The van der Waals surface area contributed by atoms with Gasteiger partial charge in [0.1, 0.15) is 6.17 Å². The average Bonchev–Trinajstić information content (AvgIpc) is 3.23. The van der Waals surface area contributed by atoms with Crippen LogP contribution < -0.4 is 4.31 Å². The number of carbonyl (C=O) groups is 2. The minimum absolute atomic E-state index is 0.0206. The third-order valence-electron chi connectivity index (χ3n) is 7.52. The van der Waals surface area contributed by atoms with Crippen molar-refractivity contribution < 1.29 is 28.2 Å². The van der Waals surface area contributed by atoms with Crippen molar-refractivity contribution in [3.05, 3.63) is 60.2 Å². The molecule has 3 aliphatic heterocycles. The summed E-state index contributed by atoms with van der Waals surface area (Å²) in [6, 6.07) is 14.8. The van der Waals surface area contributed by atoms with Crippen LogP contribution in [0.2, 0.25) is 0 Å². The highest BCUT2D eigenvalue weighted by molar-refractivity contribution is 7.92. The Balaban J connectivity index is 1.82. The van der Waals surface area contributed by atoms with E-state index in [1.165, 1.54) is 26.1 Å². The molecule has 3 heterocycles. The fourth-order valence-electron chi connectivity index (χ4n) is 5.91. The number of aliphatic hydroxyl groups is 2. The van der Waals surface area contributed by atoms with Gasteiger partial charge in [-0.05, 0) is 37.1 Å². The van der Waals surface area contributed by atoms with Crippen molar-refractivity contribution in [1.29, 1.82) is 0 Å². The number of amides is 2. The fraction of sp³-hybridized carbons (Fsp3) is 0.417. The molecule has 5 rings (SSSR count). The number of piperazine rings is 1. The number of benzene rings is 2. The van der Waals surface area contributed by atoms with Crippen molar-refractivity contribution in [3.63, 3.8) is 0 Å². The molecule has 4 unspecified atom stereocenters. The Kier molecular flexibility index (Phi) is 4.72. The lowest BCUT2D eigenvalue weighted by atomic mass is 9.74. The van der Waals surface area contributed by atoms with Crippen LogP contribution in [0.1, 0.15) is 38.7 Å². The van der Waals surface area contributed by atoms with Crippen LogP contribution in [0.3, 0.4) is 0 Å². The molecule has 0 aliphatic carbocycles. The maximum atomic E-state index is 14.0. The van der Waals surface area contributed by atoms with Gasteiger partial charge in [0, 0.05) is 18.9 Å². The Morgan fingerprint density at radius 2 is 1.62 bits per heavy atom. The first-order valence-electron chi connectivity index (χ1n) is 11.2. The van der Waals surface area contributed by atoms with Crippen molar-refractivity contribution in [2.45, 2.75) is 61.0 Å². The van der Waals surface area contributed by atoms with Gasteiger partial charge in [-0.1, -0.05) is 49.7 Å². The summed E-state index contributed by atoms with van der Waals surface area (Å²) in [5.74, 6) is -1.78. The molecule has 180 valence electrons. The lowest BCUT2D eigenvalue weighted by Gasteiger charge is -2.50. The zero-order valence-electron chi connectivity index (χ0n) is 19.2. The minimum atomic E-state index is -4.21.